The van der Waals surface area contributed by atoms with Crippen LogP contribution in [-0.4, -0.2) is 37.8 Å². The number of anilines is 2. The Labute approximate surface area is 148 Å². The third-order valence-corrected chi connectivity index (χ3v) is 4.85. The van der Waals surface area contributed by atoms with Crippen LogP contribution in [0.15, 0.2) is 28.9 Å². The molecule has 1 aromatic carbocycles. The van der Waals surface area contributed by atoms with Crippen molar-refractivity contribution < 1.29 is 4.42 Å². The molecule has 0 spiro atoms. The van der Waals surface area contributed by atoms with Gasteiger partial charge < -0.3 is 21.2 Å². The lowest BCUT2D eigenvalue weighted by molar-refractivity contribution is 0.350. The molecule has 0 unspecified atom stereocenters. The van der Waals surface area contributed by atoms with Gasteiger partial charge in [-0.15, -0.1) is 0 Å². The maximum Gasteiger partial charge on any atom is 0.292 e. The minimum atomic E-state index is 0.144. The topological polar surface area (TPSA) is 134 Å². The fourth-order valence-corrected chi connectivity index (χ4v) is 3.60. The quantitative estimate of drug-likeness (QED) is 0.497. The molecule has 0 atom stereocenters. The summed E-state index contributed by atoms with van der Waals surface area (Å²) in [5, 5.41) is 9.02. The highest BCUT2D eigenvalue weighted by Crippen LogP contribution is 2.34. The summed E-state index contributed by atoms with van der Waals surface area (Å²) >= 11 is 0. The molecule has 0 radical (unpaired) electrons. The van der Waals surface area contributed by atoms with Gasteiger partial charge in [0.2, 0.25) is 0 Å². The molecule has 0 aliphatic carbocycles. The van der Waals surface area contributed by atoms with Gasteiger partial charge >= 0.3 is 0 Å². The molecule has 0 amide bonds. The van der Waals surface area contributed by atoms with Crippen LogP contribution in [0.3, 0.4) is 0 Å². The second kappa shape index (κ2) is 5.67. The number of piperidine rings is 1. The van der Waals surface area contributed by atoms with Crippen LogP contribution < -0.4 is 16.8 Å². The number of nitrogens with zero attached hydrogens (tertiary/aromatic N) is 5. The Morgan fingerprint density at radius 3 is 2.85 bits per heavy atom. The molecule has 4 aromatic rings. The molecule has 3 aromatic heterocycles. The Morgan fingerprint density at radius 2 is 2.00 bits per heavy atom. The van der Waals surface area contributed by atoms with Gasteiger partial charge in [0.15, 0.2) is 11.2 Å². The van der Waals surface area contributed by atoms with E-state index in [1.807, 2.05) is 22.9 Å². The van der Waals surface area contributed by atoms with Crippen molar-refractivity contribution in [3.63, 3.8) is 0 Å². The number of hydrogen-bond donors (Lipinski definition) is 3. The molecule has 9 nitrogen and oxygen atoms in total. The summed E-state index contributed by atoms with van der Waals surface area (Å²) in [5.41, 5.74) is 15.5. The van der Waals surface area contributed by atoms with E-state index in [0.717, 1.165) is 48.2 Å². The van der Waals surface area contributed by atoms with Crippen LogP contribution >= 0.6 is 0 Å². The third-order valence-electron chi connectivity index (χ3n) is 4.85. The first-order valence-corrected chi connectivity index (χ1v) is 8.56. The van der Waals surface area contributed by atoms with Crippen molar-refractivity contribution in [3.8, 4) is 11.3 Å². The summed E-state index contributed by atoms with van der Waals surface area (Å²) in [6.45, 7) is 1.93. The van der Waals surface area contributed by atoms with Crippen LogP contribution in [0.25, 0.3) is 33.4 Å². The molecule has 26 heavy (non-hydrogen) atoms. The molecule has 5 rings (SSSR count). The van der Waals surface area contributed by atoms with E-state index < -0.39 is 0 Å². The first-order valence-electron chi connectivity index (χ1n) is 8.56. The maximum atomic E-state index is 6.18. The number of rotatable bonds is 2. The largest absolute Gasteiger partial charge is 0.424 e. The number of oxazole rings is 1. The number of nitrogens with two attached hydrogens (primary N) is 2. The summed E-state index contributed by atoms with van der Waals surface area (Å²) < 4.78 is 7.35. The van der Waals surface area contributed by atoms with Crippen molar-refractivity contribution in [1.82, 2.24) is 30.0 Å². The van der Waals surface area contributed by atoms with Crippen LogP contribution in [0.1, 0.15) is 18.9 Å². The Hall–Kier alpha value is -3.20. The molecule has 1 fully saturated rings. The molecule has 9 heteroatoms. The Bertz CT molecular complexity index is 1110. The van der Waals surface area contributed by atoms with Gasteiger partial charge in [0.05, 0.1) is 11.4 Å². The molecule has 0 bridgehead atoms. The number of nitrogen functional groups attached to an aromatic ring is 2. The molecule has 1 aliphatic heterocycles. The summed E-state index contributed by atoms with van der Waals surface area (Å²) in [4.78, 5) is 12.8. The van der Waals surface area contributed by atoms with E-state index in [4.69, 9.17) is 21.0 Å². The summed E-state index contributed by atoms with van der Waals surface area (Å²) in [6.07, 6.45) is 3.49. The molecule has 4 heterocycles. The fraction of sp³-hybridized carbons (Fsp3) is 0.294. The standard InChI is InChI=1S/C17H18N8O/c18-15-13-14(9-1-2-12-11(7-9)23-17(19)26-12)24-25(16(13)22-8-21-15)10-3-5-20-6-4-10/h1-2,7-8,10,20H,3-6H2,(H2,19,23)(H2,18,21,22). The van der Waals surface area contributed by atoms with Crippen molar-refractivity contribution in [2.75, 3.05) is 24.6 Å². The van der Waals surface area contributed by atoms with Crippen molar-refractivity contribution in [2.45, 2.75) is 18.9 Å². The smallest absolute Gasteiger partial charge is 0.292 e. The highest BCUT2D eigenvalue weighted by molar-refractivity contribution is 5.99. The van der Waals surface area contributed by atoms with Gasteiger partial charge in [-0.1, -0.05) is 0 Å². The minimum absolute atomic E-state index is 0.144. The summed E-state index contributed by atoms with van der Waals surface area (Å²) in [5.74, 6) is 0.421. The van der Waals surface area contributed by atoms with E-state index in [2.05, 4.69) is 20.3 Å². The molecule has 1 saturated heterocycles. The van der Waals surface area contributed by atoms with E-state index in [1.165, 1.54) is 6.33 Å². The lowest BCUT2D eigenvalue weighted by atomic mass is 10.1. The zero-order valence-electron chi connectivity index (χ0n) is 14.0. The Kier molecular flexibility index (Phi) is 3.29. The highest BCUT2D eigenvalue weighted by atomic mass is 16.4. The van der Waals surface area contributed by atoms with Gasteiger partial charge in [0, 0.05) is 5.56 Å². The van der Waals surface area contributed by atoms with Gasteiger partial charge in [-0.2, -0.15) is 10.1 Å². The van der Waals surface area contributed by atoms with Gasteiger partial charge in [0.1, 0.15) is 23.4 Å². The van der Waals surface area contributed by atoms with Crippen LogP contribution in [-0.2, 0) is 0 Å². The van der Waals surface area contributed by atoms with E-state index in [-0.39, 0.29) is 12.1 Å². The van der Waals surface area contributed by atoms with Gasteiger partial charge in [0.25, 0.3) is 6.01 Å². The van der Waals surface area contributed by atoms with E-state index in [9.17, 15) is 0 Å². The van der Waals surface area contributed by atoms with Gasteiger partial charge in [-0.05, 0) is 44.1 Å². The van der Waals surface area contributed by atoms with Crippen LogP contribution in [0.4, 0.5) is 11.8 Å². The number of benzene rings is 1. The first kappa shape index (κ1) is 15.1. The zero-order valence-corrected chi connectivity index (χ0v) is 14.0. The predicted octanol–water partition coefficient (Wildman–Crippen LogP) is 1.72. The monoisotopic (exact) mass is 350 g/mol. The van der Waals surface area contributed by atoms with Crippen molar-refractivity contribution in [1.29, 1.82) is 0 Å². The van der Waals surface area contributed by atoms with E-state index in [0.29, 0.717) is 16.9 Å². The molecule has 5 N–H and O–H groups in total. The van der Waals surface area contributed by atoms with Crippen molar-refractivity contribution in [2.24, 2.45) is 0 Å². The Balaban J connectivity index is 1.73. The lowest BCUT2D eigenvalue weighted by Gasteiger charge is -2.23. The van der Waals surface area contributed by atoms with E-state index >= 15 is 0 Å². The number of fused-ring (bicyclic) bond motifs is 2. The van der Waals surface area contributed by atoms with Crippen LogP contribution in [0.2, 0.25) is 0 Å². The normalized spacial score (nSPS) is 15.8. The van der Waals surface area contributed by atoms with Gasteiger partial charge in [-0.25, -0.2) is 14.6 Å². The molecule has 132 valence electrons. The maximum absolute atomic E-state index is 6.18. The average Bonchev–Trinajstić information content (AvgIpc) is 3.22. The van der Waals surface area contributed by atoms with Crippen molar-refractivity contribution >= 4 is 34.0 Å². The predicted molar refractivity (Wildman–Crippen MR) is 98.3 cm³/mol. The average molecular weight is 350 g/mol. The van der Waals surface area contributed by atoms with Crippen molar-refractivity contribution in [3.05, 3.63) is 24.5 Å². The van der Waals surface area contributed by atoms with Crippen LogP contribution in [0.5, 0.6) is 0 Å². The molecular formula is C17H18N8O. The summed E-state index contributed by atoms with van der Waals surface area (Å²) in [6, 6.07) is 6.09. The number of aromatic nitrogens is 5. The minimum Gasteiger partial charge on any atom is -0.424 e. The first-order chi connectivity index (χ1) is 12.7. The SMILES string of the molecule is Nc1nc2cc(-c3nn(C4CCNCC4)c4ncnc(N)c34)ccc2o1. The second-order valence-corrected chi connectivity index (χ2v) is 6.47. The lowest BCUT2D eigenvalue weighted by Crippen LogP contribution is -2.30. The van der Waals surface area contributed by atoms with Gasteiger partial charge in [-0.3, -0.25) is 0 Å². The highest BCUT2D eigenvalue weighted by Gasteiger charge is 2.23. The zero-order chi connectivity index (χ0) is 17.7. The summed E-state index contributed by atoms with van der Waals surface area (Å²) in [7, 11) is 0. The molecular weight excluding hydrogens is 332 g/mol. The van der Waals surface area contributed by atoms with Crippen LogP contribution in [0, 0.1) is 0 Å². The third kappa shape index (κ3) is 2.28. The number of nitrogens with one attached hydrogen (secondary N) is 1. The molecule has 0 saturated carbocycles. The molecule has 1 aliphatic rings. The number of hydrogen-bond acceptors (Lipinski definition) is 8. The fourth-order valence-electron chi connectivity index (χ4n) is 3.60. The Morgan fingerprint density at radius 1 is 1.15 bits per heavy atom. The second-order valence-electron chi connectivity index (χ2n) is 6.47. The van der Waals surface area contributed by atoms with E-state index in [1.54, 1.807) is 0 Å².